The lowest BCUT2D eigenvalue weighted by Crippen LogP contribution is -2.35. The van der Waals surface area contributed by atoms with Gasteiger partial charge in [0, 0.05) is 12.7 Å². The molecule has 0 atom stereocenters. The summed E-state index contributed by atoms with van der Waals surface area (Å²) < 4.78 is 5.30. The lowest BCUT2D eigenvalue weighted by Gasteiger charge is -2.26. The number of anilines is 2. The quantitative estimate of drug-likeness (QED) is 0.849. The number of amides is 1. The Kier molecular flexibility index (Phi) is 2.99. The second-order valence-corrected chi connectivity index (χ2v) is 3.98. The van der Waals surface area contributed by atoms with Crippen molar-refractivity contribution >= 4 is 23.1 Å². The van der Waals surface area contributed by atoms with Crippen LogP contribution in [0.25, 0.3) is 0 Å². The first kappa shape index (κ1) is 11.4. The van der Waals surface area contributed by atoms with Gasteiger partial charge in [0.2, 0.25) is 0 Å². The zero-order chi connectivity index (χ0) is 12.4. The molecule has 0 fully saturated rings. The number of hydrogen-bond acceptors (Lipinski definition) is 4. The van der Waals surface area contributed by atoms with Crippen molar-refractivity contribution in [1.29, 1.82) is 0 Å². The van der Waals surface area contributed by atoms with Crippen LogP contribution in [0, 0.1) is 0 Å². The van der Waals surface area contributed by atoms with Crippen LogP contribution < -0.4 is 15.0 Å². The van der Waals surface area contributed by atoms with Gasteiger partial charge in [-0.1, -0.05) is 0 Å². The van der Waals surface area contributed by atoms with Crippen LogP contribution >= 0.6 is 0 Å². The molecule has 5 nitrogen and oxygen atoms in total. The van der Waals surface area contributed by atoms with E-state index < -0.39 is 0 Å². The molecule has 0 saturated carbocycles. The minimum Gasteiger partial charge on any atom is -0.482 e. The maximum absolute atomic E-state index is 11.5. The number of rotatable bonds is 3. The third kappa shape index (κ3) is 2.38. The van der Waals surface area contributed by atoms with E-state index in [-0.39, 0.29) is 24.8 Å². The standard InChI is InChI=1S/C12H14N2O3/c1-8(15)6-13-9-3-4-11-10(5-9)14(2)12(16)7-17-11/h3-5,13H,6-7H2,1-2H3. The van der Waals surface area contributed by atoms with Gasteiger partial charge in [0.05, 0.1) is 12.2 Å². The van der Waals surface area contributed by atoms with Crippen molar-refractivity contribution in [3.05, 3.63) is 18.2 Å². The fraction of sp³-hybridized carbons (Fsp3) is 0.333. The van der Waals surface area contributed by atoms with Crippen LogP contribution in [0.5, 0.6) is 5.75 Å². The predicted octanol–water partition coefficient (Wildman–Crippen LogP) is 1.04. The molecule has 1 aromatic carbocycles. The van der Waals surface area contributed by atoms with Crippen molar-refractivity contribution in [3.63, 3.8) is 0 Å². The molecule has 1 aliphatic heterocycles. The van der Waals surface area contributed by atoms with E-state index >= 15 is 0 Å². The molecule has 0 unspecified atom stereocenters. The Morgan fingerprint density at radius 3 is 3.00 bits per heavy atom. The molecule has 2 rings (SSSR count). The van der Waals surface area contributed by atoms with E-state index in [1.165, 1.54) is 6.92 Å². The van der Waals surface area contributed by atoms with Crippen LogP contribution in [-0.2, 0) is 9.59 Å². The monoisotopic (exact) mass is 234 g/mol. The summed E-state index contributed by atoms with van der Waals surface area (Å²) in [6.45, 7) is 1.87. The van der Waals surface area contributed by atoms with Gasteiger partial charge in [0.25, 0.3) is 5.91 Å². The largest absolute Gasteiger partial charge is 0.482 e. The number of nitrogens with one attached hydrogen (secondary N) is 1. The number of ether oxygens (including phenoxy) is 1. The SMILES string of the molecule is CC(=O)CNc1ccc2c(c1)N(C)C(=O)CO2. The number of Topliss-reactive ketones (excluding diaryl/α,β-unsaturated/α-hetero) is 1. The molecule has 0 radical (unpaired) electrons. The van der Waals surface area contributed by atoms with E-state index in [1.54, 1.807) is 24.1 Å². The number of ketones is 1. The second-order valence-electron chi connectivity index (χ2n) is 3.98. The van der Waals surface area contributed by atoms with Crippen molar-refractivity contribution in [2.24, 2.45) is 0 Å². The average Bonchev–Trinajstić information content (AvgIpc) is 2.31. The van der Waals surface area contributed by atoms with E-state index in [9.17, 15) is 9.59 Å². The van der Waals surface area contributed by atoms with E-state index in [1.807, 2.05) is 6.07 Å². The molecule has 1 heterocycles. The number of carbonyl (C=O) groups excluding carboxylic acids is 2. The van der Waals surface area contributed by atoms with Crippen molar-refractivity contribution in [3.8, 4) is 5.75 Å². The maximum Gasteiger partial charge on any atom is 0.264 e. The number of benzene rings is 1. The highest BCUT2D eigenvalue weighted by atomic mass is 16.5. The lowest BCUT2D eigenvalue weighted by molar-refractivity contribution is -0.121. The average molecular weight is 234 g/mol. The number of carbonyl (C=O) groups is 2. The molecule has 0 aliphatic carbocycles. The van der Waals surface area contributed by atoms with Crippen molar-refractivity contribution in [2.75, 3.05) is 30.4 Å². The first-order valence-corrected chi connectivity index (χ1v) is 5.34. The van der Waals surface area contributed by atoms with Gasteiger partial charge in [-0.2, -0.15) is 0 Å². The lowest BCUT2D eigenvalue weighted by atomic mass is 10.2. The fourth-order valence-electron chi connectivity index (χ4n) is 1.61. The molecule has 5 heteroatoms. The second kappa shape index (κ2) is 4.45. The Hall–Kier alpha value is -2.04. The molecular formula is C12H14N2O3. The summed E-state index contributed by atoms with van der Waals surface area (Å²) in [6.07, 6.45) is 0. The number of hydrogen-bond donors (Lipinski definition) is 1. The van der Waals surface area contributed by atoms with Crippen molar-refractivity contribution in [1.82, 2.24) is 0 Å². The van der Waals surface area contributed by atoms with Gasteiger partial charge in [0.15, 0.2) is 6.61 Å². The minimum absolute atomic E-state index is 0.0587. The molecule has 1 N–H and O–H groups in total. The number of likely N-dealkylation sites (N-methyl/N-ethyl adjacent to an activating group) is 1. The van der Waals surface area contributed by atoms with E-state index in [2.05, 4.69) is 5.32 Å². The normalized spacial score (nSPS) is 14.0. The van der Waals surface area contributed by atoms with Crippen LogP contribution in [0.4, 0.5) is 11.4 Å². The Bertz CT molecular complexity index is 471. The minimum atomic E-state index is -0.0822. The Morgan fingerprint density at radius 1 is 1.53 bits per heavy atom. The molecule has 1 aliphatic rings. The third-order valence-corrected chi connectivity index (χ3v) is 2.59. The van der Waals surface area contributed by atoms with Gasteiger partial charge in [-0.15, -0.1) is 0 Å². The van der Waals surface area contributed by atoms with Crippen LogP contribution in [0.15, 0.2) is 18.2 Å². The maximum atomic E-state index is 11.5. The summed E-state index contributed by atoms with van der Waals surface area (Å²) in [5.41, 5.74) is 1.51. The third-order valence-electron chi connectivity index (χ3n) is 2.59. The van der Waals surface area contributed by atoms with Gasteiger partial charge in [-0.25, -0.2) is 0 Å². The van der Waals surface area contributed by atoms with Crippen molar-refractivity contribution in [2.45, 2.75) is 6.92 Å². The highest BCUT2D eigenvalue weighted by molar-refractivity contribution is 5.98. The van der Waals surface area contributed by atoms with E-state index in [0.29, 0.717) is 5.75 Å². The summed E-state index contributed by atoms with van der Waals surface area (Å²) in [6, 6.07) is 5.42. The number of fused-ring (bicyclic) bond motifs is 1. The molecule has 1 amide bonds. The topological polar surface area (TPSA) is 58.6 Å². The molecule has 17 heavy (non-hydrogen) atoms. The summed E-state index contributed by atoms with van der Waals surface area (Å²) in [7, 11) is 1.71. The number of nitrogens with zero attached hydrogens (tertiary/aromatic N) is 1. The van der Waals surface area contributed by atoms with Gasteiger partial charge >= 0.3 is 0 Å². The van der Waals surface area contributed by atoms with Gasteiger partial charge in [-0.3, -0.25) is 9.59 Å². The van der Waals surface area contributed by atoms with Gasteiger partial charge in [0.1, 0.15) is 11.5 Å². The van der Waals surface area contributed by atoms with E-state index in [4.69, 9.17) is 4.74 Å². The zero-order valence-corrected chi connectivity index (χ0v) is 9.82. The van der Waals surface area contributed by atoms with Crippen molar-refractivity contribution < 1.29 is 14.3 Å². The predicted molar refractivity (Wildman–Crippen MR) is 64.5 cm³/mol. The summed E-state index contributed by atoms with van der Waals surface area (Å²) >= 11 is 0. The molecule has 1 aromatic rings. The highest BCUT2D eigenvalue weighted by Gasteiger charge is 2.22. The van der Waals surface area contributed by atoms with Crippen LogP contribution in [-0.4, -0.2) is 31.9 Å². The molecular weight excluding hydrogens is 220 g/mol. The first-order valence-electron chi connectivity index (χ1n) is 5.34. The molecule has 0 bridgehead atoms. The molecule has 90 valence electrons. The fourth-order valence-corrected chi connectivity index (χ4v) is 1.61. The van der Waals surface area contributed by atoms with E-state index in [0.717, 1.165) is 11.4 Å². The summed E-state index contributed by atoms with van der Waals surface area (Å²) in [5, 5.41) is 2.99. The summed E-state index contributed by atoms with van der Waals surface area (Å²) in [4.78, 5) is 23.9. The molecule has 0 saturated heterocycles. The van der Waals surface area contributed by atoms with Gasteiger partial charge < -0.3 is 15.0 Å². The van der Waals surface area contributed by atoms with Gasteiger partial charge in [-0.05, 0) is 25.1 Å². The first-order chi connectivity index (χ1) is 8.08. The Balaban J connectivity index is 2.23. The Labute approximate surface area is 99.4 Å². The van der Waals surface area contributed by atoms with Crippen LogP contribution in [0.1, 0.15) is 6.92 Å². The highest BCUT2D eigenvalue weighted by Crippen LogP contribution is 2.33. The smallest absolute Gasteiger partial charge is 0.264 e. The molecule has 0 spiro atoms. The van der Waals surface area contributed by atoms with Crippen LogP contribution in [0.2, 0.25) is 0 Å². The zero-order valence-electron chi connectivity index (χ0n) is 9.82. The van der Waals surface area contributed by atoms with Crippen LogP contribution in [0.3, 0.4) is 0 Å². The molecule has 0 aromatic heterocycles. The summed E-state index contributed by atoms with van der Waals surface area (Å²) in [5.74, 6) is 0.657. The Morgan fingerprint density at radius 2 is 2.29 bits per heavy atom.